The highest BCUT2D eigenvalue weighted by Gasteiger charge is 2.29. The second kappa shape index (κ2) is 7.40. The third-order valence-electron chi connectivity index (χ3n) is 4.36. The van der Waals surface area contributed by atoms with Gasteiger partial charge in [0.05, 0.1) is 10.6 Å². The fourth-order valence-corrected chi connectivity index (χ4v) is 4.31. The summed E-state index contributed by atoms with van der Waals surface area (Å²) < 4.78 is 24.4. The van der Waals surface area contributed by atoms with Gasteiger partial charge in [-0.05, 0) is 49.2 Å². The average Bonchev–Trinajstić information content (AvgIpc) is 2.62. The van der Waals surface area contributed by atoms with E-state index >= 15 is 0 Å². The number of hydrogen-bond donors (Lipinski definition) is 2. The van der Waals surface area contributed by atoms with E-state index in [4.69, 9.17) is 0 Å². The van der Waals surface area contributed by atoms with Crippen molar-refractivity contribution in [3.05, 3.63) is 48.0 Å². The molecule has 1 aliphatic heterocycles. The summed E-state index contributed by atoms with van der Waals surface area (Å²) in [4.78, 5) is 25.8. The van der Waals surface area contributed by atoms with Crippen molar-refractivity contribution >= 4 is 38.8 Å². The molecule has 8 heteroatoms. The molecule has 0 saturated carbocycles. The maximum atomic E-state index is 12.7. The van der Waals surface area contributed by atoms with E-state index in [1.807, 2.05) is 38.1 Å². The molecule has 2 aromatic rings. The van der Waals surface area contributed by atoms with Crippen molar-refractivity contribution < 1.29 is 18.0 Å². The standard InChI is InChI=1S/C19H21N3O4S/c1-3-13-6-5-7-15(10-13)22(4-2)19(24)20-14-8-9-16-17(11-14)27(25,26)12-18(23)21-16/h5-11H,3-4,12H2,1-2H3,(H,20,24)(H,21,23). The van der Waals surface area contributed by atoms with Crippen LogP contribution in [0.25, 0.3) is 0 Å². The zero-order valence-electron chi connectivity index (χ0n) is 15.2. The second-order valence-corrected chi connectivity index (χ2v) is 8.17. The maximum Gasteiger partial charge on any atom is 0.326 e. The van der Waals surface area contributed by atoms with Crippen molar-refractivity contribution in [3.63, 3.8) is 0 Å². The van der Waals surface area contributed by atoms with Crippen molar-refractivity contribution in [3.8, 4) is 0 Å². The number of aryl methyl sites for hydroxylation is 1. The minimum Gasteiger partial charge on any atom is -0.324 e. The van der Waals surface area contributed by atoms with Gasteiger partial charge in [0.1, 0.15) is 5.75 Å². The SMILES string of the molecule is CCc1cccc(N(CC)C(=O)Nc2ccc3c(c2)S(=O)(=O)CC(=O)N3)c1. The summed E-state index contributed by atoms with van der Waals surface area (Å²) >= 11 is 0. The average molecular weight is 387 g/mol. The Hall–Kier alpha value is -2.87. The maximum absolute atomic E-state index is 12.7. The number of nitrogens with one attached hydrogen (secondary N) is 2. The van der Waals surface area contributed by atoms with Crippen LogP contribution in [-0.2, 0) is 21.1 Å². The zero-order valence-corrected chi connectivity index (χ0v) is 16.0. The highest BCUT2D eigenvalue weighted by molar-refractivity contribution is 7.92. The Bertz CT molecular complexity index is 1000. The first-order valence-corrected chi connectivity index (χ1v) is 10.3. The summed E-state index contributed by atoms with van der Waals surface area (Å²) in [7, 11) is -3.71. The first-order valence-electron chi connectivity index (χ1n) is 8.68. The van der Waals surface area contributed by atoms with Gasteiger partial charge >= 0.3 is 6.03 Å². The molecule has 7 nitrogen and oxygen atoms in total. The number of amides is 3. The monoisotopic (exact) mass is 387 g/mol. The van der Waals surface area contributed by atoms with Crippen LogP contribution in [0.1, 0.15) is 19.4 Å². The molecule has 142 valence electrons. The Labute approximate surface area is 158 Å². The molecular weight excluding hydrogens is 366 g/mol. The minimum absolute atomic E-state index is 0.0101. The second-order valence-electron chi connectivity index (χ2n) is 6.22. The van der Waals surface area contributed by atoms with Crippen LogP contribution >= 0.6 is 0 Å². The molecule has 0 fully saturated rings. The molecule has 0 aromatic heterocycles. The van der Waals surface area contributed by atoms with Crippen LogP contribution in [0.15, 0.2) is 47.4 Å². The van der Waals surface area contributed by atoms with Gasteiger partial charge in [-0.2, -0.15) is 0 Å². The van der Waals surface area contributed by atoms with Gasteiger partial charge in [-0.1, -0.05) is 19.1 Å². The van der Waals surface area contributed by atoms with Gasteiger partial charge < -0.3 is 10.6 Å². The molecule has 0 atom stereocenters. The van der Waals surface area contributed by atoms with Gasteiger partial charge in [-0.15, -0.1) is 0 Å². The number of rotatable bonds is 4. The van der Waals surface area contributed by atoms with E-state index < -0.39 is 21.5 Å². The van der Waals surface area contributed by atoms with Crippen molar-refractivity contribution in [2.75, 3.05) is 27.8 Å². The van der Waals surface area contributed by atoms with E-state index in [0.717, 1.165) is 17.7 Å². The van der Waals surface area contributed by atoms with Crippen LogP contribution < -0.4 is 15.5 Å². The molecular formula is C19H21N3O4S. The molecule has 3 rings (SSSR count). The number of urea groups is 1. The van der Waals surface area contributed by atoms with Gasteiger partial charge in [0.25, 0.3) is 0 Å². The van der Waals surface area contributed by atoms with E-state index in [0.29, 0.717) is 12.2 Å². The molecule has 0 radical (unpaired) electrons. The number of carbonyl (C=O) groups excluding carboxylic acids is 2. The lowest BCUT2D eigenvalue weighted by Crippen LogP contribution is -2.35. The Morgan fingerprint density at radius 2 is 1.96 bits per heavy atom. The topological polar surface area (TPSA) is 95.6 Å². The quantitative estimate of drug-likeness (QED) is 0.843. The van der Waals surface area contributed by atoms with Crippen LogP contribution in [0.2, 0.25) is 0 Å². The van der Waals surface area contributed by atoms with Crippen LogP contribution in [0.3, 0.4) is 0 Å². The molecule has 0 bridgehead atoms. The Balaban J connectivity index is 1.86. The number of anilines is 3. The predicted molar refractivity (Wildman–Crippen MR) is 105 cm³/mol. The first kappa shape index (κ1) is 18.9. The summed E-state index contributed by atoms with van der Waals surface area (Å²) in [5.74, 6) is -1.16. The Morgan fingerprint density at radius 3 is 2.67 bits per heavy atom. The van der Waals surface area contributed by atoms with Crippen LogP contribution in [-0.4, -0.2) is 32.7 Å². The summed E-state index contributed by atoms with van der Waals surface area (Å²) in [6.45, 7) is 4.37. The van der Waals surface area contributed by atoms with Gasteiger partial charge in [0.2, 0.25) is 5.91 Å². The van der Waals surface area contributed by atoms with E-state index in [9.17, 15) is 18.0 Å². The largest absolute Gasteiger partial charge is 0.326 e. The molecule has 0 spiro atoms. The summed E-state index contributed by atoms with van der Waals surface area (Å²) in [6.07, 6.45) is 0.863. The number of benzene rings is 2. The normalized spacial score (nSPS) is 14.8. The molecule has 3 amide bonds. The molecule has 0 saturated heterocycles. The third kappa shape index (κ3) is 3.95. The first-order chi connectivity index (χ1) is 12.8. The van der Waals surface area contributed by atoms with Gasteiger partial charge in [0, 0.05) is 17.9 Å². The van der Waals surface area contributed by atoms with Crippen LogP contribution in [0, 0.1) is 0 Å². The molecule has 0 unspecified atom stereocenters. The fraction of sp³-hybridized carbons (Fsp3) is 0.263. The van der Waals surface area contributed by atoms with Crippen LogP contribution in [0.5, 0.6) is 0 Å². The van der Waals surface area contributed by atoms with E-state index in [1.54, 1.807) is 11.0 Å². The highest BCUT2D eigenvalue weighted by atomic mass is 32.2. The number of fused-ring (bicyclic) bond motifs is 1. The third-order valence-corrected chi connectivity index (χ3v) is 6.01. The Morgan fingerprint density at radius 1 is 1.19 bits per heavy atom. The molecule has 2 aromatic carbocycles. The summed E-state index contributed by atoms with van der Waals surface area (Å²) in [5.41, 5.74) is 2.47. The van der Waals surface area contributed by atoms with Crippen molar-refractivity contribution in [2.24, 2.45) is 0 Å². The smallest absolute Gasteiger partial charge is 0.324 e. The van der Waals surface area contributed by atoms with E-state index in [2.05, 4.69) is 10.6 Å². The predicted octanol–water partition coefficient (Wildman–Crippen LogP) is 3.03. The summed E-state index contributed by atoms with van der Waals surface area (Å²) in [6, 6.07) is 11.8. The number of hydrogen-bond acceptors (Lipinski definition) is 4. The van der Waals surface area contributed by atoms with Gasteiger partial charge in [0.15, 0.2) is 9.84 Å². The van der Waals surface area contributed by atoms with Crippen LogP contribution in [0.4, 0.5) is 21.9 Å². The summed E-state index contributed by atoms with van der Waals surface area (Å²) in [5, 5.41) is 5.27. The van der Waals surface area contributed by atoms with Crippen molar-refractivity contribution in [1.29, 1.82) is 0 Å². The molecule has 2 N–H and O–H groups in total. The van der Waals surface area contributed by atoms with Crippen molar-refractivity contribution in [2.45, 2.75) is 25.2 Å². The molecule has 27 heavy (non-hydrogen) atoms. The number of nitrogens with zero attached hydrogens (tertiary/aromatic N) is 1. The molecule has 0 aliphatic carbocycles. The minimum atomic E-state index is -3.71. The van der Waals surface area contributed by atoms with E-state index in [1.165, 1.54) is 12.1 Å². The van der Waals surface area contributed by atoms with Gasteiger partial charge in [-0.3, -0.25) is 9.69 Å². The van der Waals surface area contributed by atoms with E-state index in [-0.39, 0.29) is 16.6 Å². The van der Waals surface area contributed by atoms with Gasteiger partial charge in [-0.25, -0.2) is 13.2 Å². The number of sulfone groups is 1. The van der Waals surface area contributed by atoms with Crippen molar-refractivity contribution in [1.82, 2.24) is 0 Å². The highest BCUT2D eigenvalue weighted by Crippen LogP contribution is 2.29. The zero-order chi connectivity index (χ0) is 19.6. The fourth-order valence-electron chi connectivity index (χ4n) is 2.98. The lowest BCUT2D eigenvalue weighted by Gasteiger charge is -2.23. The number of carbonyl (C=O) groups is 2. The Kier molecular flexibility index (Phi) is 5.18. The lowest BCUT2D eigenvalue weighted by atomic mass is 10.1. The molecule has 1 heterocycles. The molecule has 1 aliphatic rings. The lowest BCUT2D eigenvalue weighted by molar-refractivity contribution is -0.114.